The Kier molecular flexibility index (Phi) is 4.62. The van der Waals surface area contributed by atoms with Crippen molar-refractivity contribution >= 4 is 40.3 Å². The van der Waals surface area contributed by atoms with Gasteiger partial charge in [-0.3, -0.25) is 0 Å². The predicted octanol–water partition coefficient (Wildman–Crippen LogP) is 4.62. The van der Waals surface area contributed by atoms with E-state index in [4.69, 9.17) is 17.3 Å². The molecule has 0 amide bonds. The van der Waals surface area contributed by atoms with Crippen molar-refractivity contribution in [1.29, 1.82) is 0 Å². The third-order valence-electron chi connectivity index (χ3n) is 3.25. The summed E-state index contributed by atoms with van der Waals surface area (Å²) in [6.45, 7) is 0. The average molecular weight is 366 g/mol. The first-order chi connectivity index (χ1) is 11.9. The lowest BCUT2D eigenvalue weighted by molar-refractivity contribution is 0.586. The van der Waals surface area contributed by atoms with Gasteiger partial charge in [0.15, 0.2) is 11.6 Å². The van der Waals surface area contributed by atoms with Crippen LogP contribution in [0.1, 0.15) is 0 Å². The molecule has 3 aromatic rings. The highest BCUT2D eigenvalue weighted by Gasteiger charge is 2.12. The quantitative estimate of drug-likeness (QED) is 0.629. The molecule has 128 valence electrons. The molecule has 0 fully saturated rings. The van der Waals surface area contributed by atoms with Gasteiger partial charge >= 0.3 is 0 Å². The molecule has 9 heteroatoms. The standard InChI is InChI=1S/C16H11ClF3N5/c17-10-6-9(2-3-11(10)19)24-15-14(21)16(23-7-22-15)25-13-4-1-8(18)5-12(13)20/h1-7H,21H2,(H2,22,23,24,25). The van der Waals surface area contributed by atoms with E-state index in [1.807, 2.05) is 0 Å². The van der Waals surface area contributed by atoms with E-state index >= 15 is 0 Å². The van der Waals surface area contributed by atoms with Crippen LogP contribution in [0.4, 0.5) is 41.9 Å². The van der Waals surface area contributed by atoms with Crippen molar-refractivity contribution in [2.75, 3.05) is 16.4 Å². The zero-order chi connectivity index (χ0) is 18.0. The Morgan fingerprint density at radius 1 is 0.880 bits per heavy atom. The molecule has 0 radical (unpaired) electrons. The lowest BCUT2D eigenvalue weighted by Crippen LogP contribution is -2.06. The van der Waals surface area contributed by atoms with Gasteiger partial charge < -0.3 is 16.4 Å². The maximum absolute atomic E-state index is 13.7. The molecule has 5 nitrogen and oxygen atoms in total. The number of nitrogens with two attached hydrogens (primary N) is 1. The van der Waals surface area contributed by atoms with Crippen molar-refractivity contribution < 1.29 is 13.2 Å². The van der Waals surface area contributed by atoms with Crippen LogP contribution in [0.3, 0.4) is 0 Å². The second-order valence-electron chi connectivity index (χ2n) is 4.99. The van der Waals surface area contributed by atoms with Gasteiger partial charge in [-0.25, -0.2) is 23.1 Å². The molecular weight excluding hydrogens is 355 g/mol. The van der Waals surface area contributed by atoms with Gasteiger partial charge in [-0.05, 0) is 30.3 Å². The number of nitrogens with one attached hydrogen (secondary N) is 2. The van der Waals surface area contributed by atoms with Gasteiger partial charge in [0, 0.05) is 11.8 Å². The first-order valence-corrected chi connectivity index (χ1v) is 7.36. The zero-order valence-corrected chi connectivity index (χ0v) is 13.3. The fourth-order valence-electron chi connectivity index (χ4n) is 2.02. The highest BCUT2D eigenvalue weighted by molar-refractivity contribution is 6.31. The van der Waals surface area contributed by atoms with Crippen LogP contribution in [0.2, 0.25) is 5.02 Å². The number of benzene rings is 2. The summed E-state index contributed by atoms with van der Waals surface area (Å²) in [7, 11) is 0. The SMILES string of the molecule is Nc1c(Nc2ccc(F)c(Cl)c2)ncnc1Nc1ccc(F)cc1F. The largest absolute Gasteiger partial charge is 0.393 e. The lowest BCUT2D eigenvalue weighted by Gasteiger charge is -2.13. The van der Waals surface area contributed by atoms with Crippen molar-refractivity contribution in [3.8, 4) is 0 Å². The van der Waals surface area contributed by atoms with E-state index in [1.165, 1.54) is 30.6 Å². The van der Waals surface area contributed by atoms with Crippen LogP contribution in [0, 0.1) is 17.5 Å². The fourth-order valence-corrected chi connectivity index (χ4v) is 2.20. The Morgan fingerprint density at radius 3 is 2.28 bits per heavy atom. The molecule has 1 aromatic heterocycles. The fraction of sp³-hybridized carbons (Fsp3) is 0. The third kappa shape index (κ3) is 3.74. The number of nitrogens with zero attached hydrogens (tertiary/aromatic N) is 2. The molecule has 3 rings (SSSR count). The van der Waals surface area contributed by atoms with E-state index < -0.39 is 17.5 Å². The van der Waals surface area contributed by atoms with Crippen molar-refractivity contribution in [2.45, 2.75) is 0 Å². The molecule has 0 aliphatic heterocycles. The minimum Gasteiger partial charge on any atom is -0.393 e. The second kappa shape index (κ2) is 6.86. The maximum Gasteiger partial charge on any atom is 0.159 e. The Labute approximate surface area is 145 Å². The van der Waals surface area contributed by atoms with Crippen molar-refractivity contribution in [3.05, 3.63) is 65.2 Å². The van der Waals surface area contributed by atoms with Crippen LogP contribution in [-0.4, -0.2) is 9.97 Å². The molecule has 0 aliphatic rings. The number of nitrogen functional groups attached to an aromatic ring is 1. The second-order valence-corrected chi connectivity index (χ2v) is 5.39. The summed E-state index contributed by atoms with van der Waals surface area (Å²) in [4.78, 5) is 7.92. The number of rotatable bonds is 4. The Hall–Kier alpha value is -3.00. The van der Waals surface area contributed by atoms with E-state index in [0.717, 1.165) is 12.1 Å². The average Bonchev–Trinajstić information content (AvgIpc) is 2.57. The topological polar surface area (TPSA) is 75.9 Å². The molecule has 0 spiro atoms. The van der Waals surface area contributed by atoms with Gasteiger partial charge in [0.05, 0.1) is 10.7 Å². The summed E-state index contributed by atoms with van der Waals surface area (Å²) in [6, 6.07) is 7.07. The van der Waals surface area contributed by atoms with Crippen molar-refractivity contribution in [1.82, 2.24) is 9.97 Å². The van der Waals surface area contributed by atoms with Crippen molar-refractivity contribution in [3.63, 3.8) is 0 Å². The van der Waals surface area contributed by atoms with Gasteiger partial charge in [-0.15, -0.1) is 0 Å². The summed E-state index contributed by atoms with van der Waals surface area (Å²) in [6.07, 6.45) is 1.20. The van der Waals surface area contributed by atoms with E-state index in [1.54, 1.807) is 0 Å². The minimum atomic E-state index is -0.794. The van der Waals surface area contributed by atoms with E-state index in [0.29, 0.717) is 5.69 Å². The highest BCUT2D eigenvalue weighted by atomic mass is 35.5. The Balaban J connectivity index is 1.87. The summed E-state index contributed by atoms with van der Waals surface area (Å²) < 4.78 is 39.9. The normalized spacial score (nSPS) is 10.6. The molecule has 2 aromatic carbocycles. The van der Waals surface area contributed by atoms with E-state index in [9.17, 15) is 13.2 Å². The first-order valence-electron chi connectivity index (χ1n) is 6.98. The molecule has 0 saturated heterocycles. The summed E-state index contributed by atoms with van der Waals surface area (Å²) in [5.41, 5.74) is 6.52. The third-order valence-corrected chi connectivity index (χ3v) is 3.54. The highest BCUT2D eigenvalue weighted by Crippen LogP contribution is 2.30. The minimum absolute atomic E-state index is 0.00239. The van der Waals surface area contributed by atoms with Gasteiger partial charge in [-0.2, -0.15) is 0 Å². The smallest absolute Gasteiger partial charge is 0.159 e. The predicted molar refractivity (Wildman–Crippen MR) is 90.8 cm³/mol. The Morgan fingerprint density at radius 2 is 1.60 bits per heavy atom. The molecule has 0 atom stereocenters. The Bertz CT molecular complexity index is 936. The van der Waals surface area contributed by atoms with Crippen LogP contribution in [0.25, 0.3) is 0 Å². The maximum atomic E-state index is 13.7. The molecule has 0 aliphatic carbocycles. The lowest BCUT2D eigenvalue weighted by atomic mass is 10.3. The van der Waals surface area contributed by atoms with Crippen LogP contribution >= 0.6 is 11.6 Å². The molecule has 4 N–H and O–H groups in total. The number of halogens is 4. The van der Waals surface area contributed by atoms with Crippen LogP contribution < -0.4 is 16.4 Å². The number of hydrogen-bond donors (Lipinski definition) is 3. The molecular formula is C16H11ClF3N5. The van der Waals surface area contributed by atoms with Gasteiger partial charge in [0.1, 0.15) is 29.5 Å². The van der Waals surface area contributed by atoms with Gasteiger partial charge in [-0.1, -0.05) is 11.6 Å². The first kappa shape index (κ1) is 16.8. The van der Waals surface area contributed by atoms with E-state index in [-0.39, 0.29) is 28.0 Å². The van der Waals surface area contributed by atoms with Gasteiger partial charge in [0.25, 0.3) is 0 Å². The monoisotopic (exact) mass is 365 g/mol. The number of anilines is 5. The van der Waals surface area contributed by atoms with Crippen LogP contribution in [0.5, 0.6) is 0 Å². The number of hydrogen-bond acceptors (Lipinski definition) is 5. The van der Waals surface area contributed by atoms with Gasteiger partial charge in [0.2, 0.25) is 0 Å². The number of aromatic nitrogens is 2. The summed E-state index contributed by atoms with van der Waals surface area (Å²) in [5.74, 6) is -1.72. The van der Waals surface area contributed by atoms with Crippen LogP contribution in [0.15, 0.2) is 42.7 Å². The zero-order valence-electron chi connectivity index (χ0n) is 12.5. The molecule has 0 bridgehead atoms. The molecule has 25 heavy (non-hydrogen) atoms. The molecule has 0 saturated carbocycles. The molecule has 1 heterocycles. The molecule has 0 unspecified atom stereocenters. The summed E-state index contributed by atoms with van der Waals surface area (Å²) >= 11 is 5.72. The van der Waals surface area contributed by atoms with Crippen LogP contribution in [-0.2, 0) is 0 Å². The van der Waals surface area contributed by atoms with E-state index in [2.05, 4.69) is 20.6 Å². The van der Waals surface area contributed by atoms with Crippen molar-refractivity contribution in [2.24, 2.45) is 0 Å². The summed E-state index contributed by atoms with van der Waals surface area (Å²) in [5, 5.41) is 5.47.